The third-order valence-corrected chi connectivity index (χ3v) is 4.29. The lowest BCUT2D eigenvalue weighted by Crippen LogP contribution is -2.33. The fraction of sp³-hybridized carbons (Fsp3) is 0.316. The average molecular weight is 408 g/mol. The number of rotatable bonds is 8. The Morgan fingerprint density at radius 1 is 1.16 bits per heavy atom. The van der Waals surface area contributed by atoms with Crippen molar-refractivity contribution in [3.8, 4) is 11.5 Å². The van der Waals surface area contributed by atoms with Crippen LogP contribution >= 0.6 is 15.9 Å². The lowest BCUT2D eigenvalue weighted by Gasteiger charge is -2.20. The number of amides is 1. The summed E-state index contributed by atoms with van der Waals surface area (Å²) in [7, 11) is 1.54. The van der Waals surface area contributed by atoms with E-state index in [1.165, 1.54) is 0 Å². The Bertz CT molecular complexity index is 703. The van der Waals surface area contributed by atoms with E-state index < -0.39 is 0 Å². The van der Waals surface area contributed by atoms with E-state index in [2.05, 4.69) is 15.9 Å². The quantitative estimate of drug-likeness (QED) is 0.727. The molecule has 1 N–H and O–H groups in total. The lowest BCUT2D eigenvalue weighted by atomic mass is 10.1. The monoisotopic (exact) mass is 407 g/mol. The highest BCUT2D eigenvalue weighted by Gasteiger charge is 2.16. The molecule has 0 aliphatic heterocycles. The van der Waals surface area contributed by atoms with Gasteiger partial charge in [-0.3, -0.25) is 4.79 Å². The maximum Gasteiger partial charge on any atom is 0.254 e. The summed E-state index contributed by atoms with van der Waals surface area (Å²) in [5.74, 6) is 0.935. The minimum Gasteiger partial charge on any atom is -0.493 e. The van der Waals surface area contributed by atoms with Crippen LogP contribution in [0.15, 0.2) is 46.9 Å². The molecule has 0 heterocycles. The number of carbonyl (C=O) groups is 1. The molecule has 0 fully saturated rings. The molecule has 0 aromatic heterocycles. The Morgan fingerprint density at radius 3 is 2.48 bits per heavy atom. The number of ether oxygens (including phenoxy) is 2. The molecule has 0 unspecified atom stereocenters. The Balaban J connectivity index is 2.12. The van der Waals surface area contributed by atoms with E-state index in [0.29, 0.717) is 36.8 Å². The lowest BCUT2D eigenvalue weighted by molar-refractivity contribution is 0.0731. The highest BCUT2D eigenvalue weighted by atomic mass is 79.9. The summed E-state index contributed by atoms with van der Waals surface area (Å²) in [5, 5.41) is 9.06. The molecule has 0 aliphatic rings. The van der Waals surface area contributed by atoms with Crippen LogP contribution in [0.5, 0.6) is 11.5 Å². The first-order valence-electron chi connectivity index (χ1n) is 8.04. The Labute approximate surface area is 156 Å². The first-order chi connectivity index (χ1) is 12.1. The normalized spacial score (nSPS) is 10.4. The van der Waals surface area contributed by atoms with Crippen LogP contribution in [0.1, 0.15) is 22.8 Å². The van der Waals surface area contributed by atoms with Crippen LogP contribution in [0.4, 0.5) is 0 Å². The maximum absolute atomic E-state index is 12.5. The van der Waals surface area contributed by atoms with E-state index in [0.717, 1.165) is 10.0 Å². The minimum atomic E-state index is -0.144. The summed E-state index contributed by atoms with van der Waals surface area (Å²) in [4.78, 5) is 14.1. The average Bonchev–Trinajstić information content (AvgIpc) is 2.65. The molecule has 5 nitrogen and oxygen atoms in total. The second kappa shape index (κ2) is 9.44. The molecule has 2 aromatic carbocycles. The number of benzene rings is 2. The molecule has 0 spiro atoms. The fourth-order valence-corrected chi connectivity index (χ4v) is 2.63. The van der Waals surface area contributed by atoms with Crippen molar-refractivity contribution in [2.24, 2.45) is 0 Å². The molecule has 0 saturated carbocycles. The van der Waals surface area contributed by atoms with E-state index in [9.17, 15) is 4.79 Å². The SMILES string of the molecule is CCN(CCO)C(=O)c1ccc(OCc2ccc(Br)cc2)c(OC)c1. The molecular weight excluding hydrogens is 386 g/mol. The number of halogens is 1. The van der Waals surface area contributed by atoms with Crippen molar-refractivity contribution >= 4 is 21.8 Å². The number of aliphatic hydroxyl groups is 1. The zero-order chi connectivity index (χ0) is 18.2. The number of methoxy groups -OCH3 is 1. The van der Waals surface area contributed by atoms with Gasteiger partial charge < -0.3 is 19.5 Å². The number of hydrogen-bond acceptors (Lipinski definition) is 4. The molecule has 0 bridgehead atoms. The molecule has 0 aliphatic carbocycles. The summed E-state index contributed by atoms with van der Waals surface area (Å²) >= 11 is 3.40. The van der Waals surface area contributed by atoms with Crippen LogP contribution in [0.25, 0.3) is 0 Å². The fourth-order valence-electron chi connectivity index (χ4n) is 2.37. The predicted octanol–water partition coefficient (Wildman–Crippen LogP) is 3.49. The zero-order valence-corrected chi connectivity index (χ0v) is 16.0. The van der Waals surface area contributed by atoms with Gasteiger partial charge in [-0.2, -0.15) is 0 Å². The van der Waals surface area contributed by atoms with Crippen molar-refractivity contribution < 1.29 is 19.4 Å². The molecule has 6 heteroatoms. The predicted molar refractivity (Wildman–Crippen MR) is 100 cm³/mol. The van der Waals surface area contributed by atoms with E-state index in [-0.39, 0.29) is 12.5 Å². The topological polar surface area (TPSA) is 59.0 Å². The van der Waals surface area contributed by atoms with Gasteiger partial charge in [0.25, 0.3) is 5.91 Å². The van der Waals surface area contributed by atoms with Gasteiger partial charge >= 0.3 is 0 Å². The highest BCUT2D eigenvalue weighted by Crippen LogP contribution is 2.29. The van der Waals surface area contributed by atoms with Crippen LogP contribution < -0.4 is 9.47 Å². The standard InChI is InChI=1S/C19H22BrNO4/c1-3-21(10-11-22)19(23)15-6-9-17(18(12-15)24-2)25-13-14-4-7-16(20)8-5-14/h4-9,12,22H,3,10-11,13H2,1-2H3. The number of hydrogen-bond donors (Lipinski definition) is 1. The number of likely N-dealkylation sites (N-methyl/N-ethyl adjacent to an activating group) is 1. The van der Waals surface area contributed by atoms with Crippen molar-refractivity contribution in [3.63, 3.8) is 0 Å². The molecular formula is C19H22BrNO4. The van der Waals surface area contributed by atoms with Gasteiger partial charge in [-0.1, -0.05) is 28.1 Å². The van der Waals surface area contributed by atoms with Gasteiger partial charge in [-0.15, -0.1) is 0 Å². The number of nitrogens with zero attached hydrogens (tertiary/aromatic N) is 1. The van der Waals surface area contributed by atoms with Crippen molar-refractivity contribution in [2.45, 2.75) is 13.5 Å². The first-order valence-corrected chi connectivity index (χ1v) is 8.83. The van der Waals surface area contributed by atoms with E-state index >= 15 is 0 Å². The first kappa shape index (κ1) is 19.3. The molecule has 1 amide bonds. The molecule has 0 saturated heterocycles. The van der Waals surface area contributed by atoms with Crippen LogP contribution in [0.3, 0.4) is 0 Å². The van der Waals surface area contributed by atoms with Gasteiger partial charge in [0.05, 0.1) is 13.7 Å². The van der Waals surface area contributed by atoms with E-state index in [1.54, 1.807) is 30.2 Å². The molecule has 0 radical (unpaired) electrons. The van der Waals surface area contributed by atoms with Crippen LogP contribution in [-0.4, -0.2) is 42.7 Å². The Kier molecular flexibility index (Phi) is 7.28. The van der Waals surface area contributed by atoms with Gasteiger partial charge in [0, 0.05) is 23.1 Å². The number of carbonyl (C=O) groups excluding carboxylic acids is 1. The zero-order valence-electron chi connectivity index (χ0n) is 14.4. The van der Waals surface area contributed by atoms with E-state index in [4.69, 9.17) is 14.6 Å². The Morgan fingerprint density at radius 2 is 1.88 bits per heavy atom. The van der Waals surface area contributed by atoms with Gasteiger partial charge in [0.2, 0.25) is 0 Å². The summed E-state index contributed by atoms with van der Waals surface area (Å²) in [6, 6.07) is 13.0. The van der Waals surface area contributed by atoms with Gasteiger partial charge in [-0.25, -0.2) is 0 Å². The van der Waals surface area contributed by atoms with Crippen LogP contribution in [0, 0.1) is 0 Å². The van der Waals surface area contributed by atoms with E-state index in [1.807, 2.05) is 31.2 Å². The summed E-state index contributed by atoms with van der Waals surface area (Å²) in [6.07, 6.45) is 0. The maximum atomic E-state index is 12.5. The smallest absolute Gasteiger partial charge is 0.254 e. The van der Waals surface area contributed by atoms with Crippen LogP contribution in [-0.2, 0) is 6.61 Å². The van der Waals surface area contributed by atoms with Gasteiger partial charge in [0.15, 0.2) is 11.5 Å². The van der Waals surface area contributed by atoms with Gasteiger partial charge in [0.1, 0.15) is 6.61 Å². The molecule has 2 rings (SSSR count). The highest BCUT2D eigenvalue weighted by molar-refractivity contribution is 9.10. The molecule has 0 atom stereocenters. The number of aliphatic hydroxyl groups excluding tert-OH is 1. The van der Waals surface area contributed by atoms with Crippen molar-refractivity contribution in [1.82, 2.24) is 4.90 Å². The summed E-state index contributed by atoms with van der Waals surface area (Å²) in [5.41, 5.74) is 1.54. The van der Waals surface area contributed by atoms with Crippen molar-refractivity contribution in [2.75, 3.05) is 26.8 Å². The van der Waals surface area contributed by atoms with Crippen molar-refractivity contribution in [3.05, 3.63) is 58.1 Å². The summed E-state index contributed by atoms with van der Waals surface area (Å²) in [6.45, 7) is 3.05. The third-order valence-electron chi connectivity index (χ3n) is 3.76. The molecule has 25 heavy (non-hydrogen) atoms. The van der Waals surface area contributed by atoms with Crippen molar-refractivity contribution in [1.29, 1.82) is 0 Å². The molecule has 134 valence electrons. The summed E-state index contributed by atoms with van der Waals surface area (Å²) < 4.78 is 12.2. The van der Waals surface area contributed by atoms with Crippen LogP contribution in [0.2, 0.25) is 0 Å². The van der Waals surface area contributed by atoms with Gasteiger partial charge in [-0.05, 0) is 42.8 Å². The molecule has 2 aromatic rings. The Hall–Kier alpha value is -2.05. The minimum absolute atomic E-state index is 0.0644. The second-order valence-corrected chi connectivity index (χ2v) is 6.30. The third kappa shape index (κ3) is 5.21. The second-order valence-electron chi connectivity index (χ2n) is 5.39. The largest absolute Gasteiger partial charge is 0.493 e.